The summed E-state index contributed by atoms with van der Waals surface area (Å²) < 4.78 is 21.0. The minimum Gasteiger partial charge on any atom is -0.496 e. The van der Waals surface area contributed by atoms with E-state index in [1.54, 1.807) is 13.0 Å². The number of hydrogen-bond donors (Lipinski definition) is 1. The minimum atomic E-state index is -0.904. The molecule has 27 heavy (non-hydrogen) atoms. The Morgan fingerprint density at radius 2 is 1.59 bits per heavy atom. The Kier molecular flexibility index (Phi) is 7.76. The van der Waals surface area contributed by atoms with Crippen molar-refractivity contribution in [3.05, 3.63) is 17.7 Å². The van der Waals surface area contributed by atoms with E-state index in [-0.39, 0.29) is 17.2 Å². The number of carbonyl (C=O) groups is 2. The number of amides is 1. The van der Waals surface area contributed by atoms with Crippen LogP contribution in [0.3, 0.4) is 0 Å². The number of benzene rings is 1. The van der Waals surface area contributed by atoms with Gasteiger partial charge in [-0.05, 0) is 25.7 Å². The van der Waals surface area contributed by atoms with E-state index in [1.807, 2.05) is 0 Å². The Balaban J connectivity index is 1.99. The Morgan fingerprint density at radius 3 is 2.19 bits per heavy atom. The summed E-state index contributed by atoms with van der Waals surface area (Å²) >= 11 is 0. The van der Waals surface area contributed by atoms with Crippen molar-refractivity contribution in [2.24, 2.45) is 5.92 Å². The summed E-state index contributed by atoms with van der Waals surface area (Å²) in [5.41, 5.74) is 0.169. The third-order valence-electron chi connectivity index (χ3n) is 4.87. The van der Waals surface area contributed by atoms with Crippen molar-refractivity contribution in [1.29, 1.82) is 0 Å². The van der Waals surface area contributed by atoms with Crippen LogP contribution in [0, 0.1) is 5.92 Å². The van der Waals surface area contributed by atoms with E-state index in [9.17, 15) is 9.59 Å². The molecular formula is C20H29NO6. The van der Waals surface area contributed by atoms with E-state index in [4.69, 9.17) is 18.9 Å². The van der Waals surface area contributed by atoms with Gasteiger partial charge in [0.25, 0.3) is 5.91 Å². The van der Waals surface area contributed by atoms with Gasteiger partial charge in [0.1, 0.15) is 11.3 Å². The molecule has 1 amide bonds. The van der Waals surface area contributed by atoms with Crippen molar-refractivity contribution >= 4 is 11.9 Å². The van der Waals surface area contributed by atoms with E-state index in [2.05, 4.69) is 5.32 Å². The molecule has 7 heteroatoms. The van der Waals surface area contributed by atoms with Crippen molar-refractivity contribution < 1.29 is 28.5 Å². The number of rotatable bonds is 8. The van der Waals surface area contributed by atoms with E-state index in [0.717, 1.165) is 12.8 Å². The molecule has 1 unspecified atom stereocenters. The van der Waals surface area contributed by atoms with Crippen LogP contribution >= 0.6 is 0 Å². The summed E-state index contributed by atoms with van der Waals surface area (Å²) in [4.78, 5) is 24.8. The standard InChI is InChI=1S/C20H29NO6/c1-13(19(22)21-12-14-8-6-5-7-9-14)27-20(23)15-10-17(25-3)18(26-4)11-16(15)24-2/h10-11,13-14H,5-9,12H2,1-4H3,(H,21,22). The van der Waals surface area contributed by atoms with Gasteiger partial charge >= 0.3 is 5.97 Å². The first-order valence-electron chi connectivity index (χ1n) is 9.28. The maximum Gasteiger partial charge on any atom is 0.342 e. The zero-order chi connectivity index (χ0) is 19.8. The van der Waals surface area contributed by atoms with Gasteiger partial charge in [-0.15, -0.1) is 0 Å². The Labute approximate surface area is 160 Å². The fraction of sp³-hybridized carbons (Fsp3) is 0.600. The summed E-state index contributed by atoms with van der Waals surface area (Å²) in [5, 5.41) is 2.89. The van der Waals surface area contributed by atoms with Gasteiger partial charge in [0.05, 0.1) is 21.3 Å². The molecule has 1 N–H and O–H groups in total. The molecule has 0 bridgehead atoms. The lowest BCUT2D eigenvalue weighted by atomic mass is 9.89. The van der Waals surface area contributed by atoms with E-state index in [1.165, 1.54) is 46.7 Å². The maximum absolute atomic E-state index is 12.5. The van der Waals surface area contributed by atoms with Crippen LogP contribution in [0.15, 0.2) is 12.1 Å². The molecule has 1 aromatic rings. The number of esters is 1. The zero-order valence-corrected chi connectivity index (χ0v) is 16.5. The normalized spacial score (nSPS) is 15.6. The molecule has 0 saturated heterocycles. The van der Waals surface area contributed by atoms with Crippen LogP contribution in [0.1, 0.15) is 49.4 Å². The quantitative estimate of drug-likeness (QED) is 0.699. The topological polar surface area (TPSA) is 83.1 Å². The van der Waals surface area contributed by atoms with Crippen molar-refractivity contribution in [2.75, 3.05) is 27.9 Å². The summed E-state index contributed by atoms with van der Waals surface area (Å²) in [5.74, 6) is 0.648. The Bertz CT molecular complexity index is 654. The first-order chi connectivity index (χ1) is 13.0. The van der Waals surface area contributed by atoms with Crippen LogP contribution in [-0.4, -0.2) is 45.9 Å². The largest absolute Gasteiger partial charge is 0.496 e. The van der Waals surface area contributed by atoms with Gasteiger partial charge < -0.3 is 24.3 Å². The molecule has 7 nitrogen and oxygen atoms in total. The number of carbonyl (C=O) groups excluding carboxylic acids is 2. The third-order valence-corrected chi connectivity index (χ3v) is 4.87. The lowest BCUT2D eigenvalue weighted by Gasteiger charge is -2.22. The average Bonchev–Trinajstić information content (AvgIpc) is 2.71. The van der Waals surface area contributed by atoms with Crippen molar-refractivity contribution in [2.45, 2.75) is 45.1 Å². The van der Waals surface area contributed by atoms with Gasteiger partial charge in [-0.1, -0.05) is 19.3 Å². The summed E-state index contributed by atoms with van der Waals surface area (Å²) in [6, 6.07) is 3.02. The van der Waals surface area contributed by atoms with Gasteiger partial charge in [0.15, 0.2) is 17.6 Å². The zero-order valence-electron chi connectivity index (χ0n) is 16.5. The smallest absolute Gasteiger partial charge is 0.342 e. The van der Waals surface area contributed by atoms with Crippen LogP contribution in [-0.2, 0) is 9.53 Å². The summed E-state index contributed by atoms with van der Waals surface area (Å²) in [6.07, 6.45) is 5.06. The molecule has 1 saturated carbocycles. The van der Waals surface area contributed by atoms with Crippen LogP contribution in [0.5, 0.6) is 17.2 Å². The molecule has 1 fully saturated rings. The Hall–Kier alpha value is -2.44. The maximum atomic E-state index is 12.5. The van der Waals surface area contributed by atoms with Crippen molar-refractivity contribution in [3.63, 3.8) is 0 Å². The highest BCUT2D eigenvalue weighted by molar-refractivity contribution is 5.95. The first kappa shape index (κ1) is 20.9. The van der Waals surface area contributed by atoms with Crippen LogP contribution in [0.4, 0.5) is 0 Å². The second kappa shape index (κ2) is 10.0. The van der Waals surface area contributed by atoms with E-state index >= 15 is 0 Å². The molecule has 0 aliphatic heterocycles. The number of hydrogen-bond acceptors (Lipinski definition) is 6. The third kappa shape index (κ3) is 5.52. The van der Waals surface area contributed by atoms with Crippen LogP contribution in [0.25, 0.3) is 0 Å². The molecule has 1 aromatic carbocycles. The number of ether oxygens (including phenoxy) is 4. The summed E-state index contributed by atoms with van der Waals surface area (Å²) in [6.45, 7) is 2.18. The highest BCUT2D eigenvalue weighted by atomic mass is 16.6. The predicted molar refractivity (Wildman–Crippen MR) is 101 cm³/mol. The molecule has 150 valence electrons. The summed E-state index contributed by atoms with van der Waals surface area (Å²) in [7, 11) is 4.41. The molecule has 0 spiro atoms. The molecule has 1 aliphatic rings. The molecule has 2 rings (SSSR count). The highest BCUT2D eigenvalue weighted by Crippen LogP contribution is 2.35. The molecule has 0 aromatic heterocycles. The second-order valence-electron chi connectivity index (χ2n) is 6.70. The van der Waals surface area contributed by atoms with Gasteiger partial charge in [-0.25, -0.2) is 4.79 Å². The molecule has 0 heterocycles. The monoisotopic (exact) mass is 379 g/mol. The van der Waals surface area contributed by atoms with Crippen molar-refractivity contribution in [1.82, 2.24) is 5.32 Å². The Morgan fingerprint density at radius 1 is 1.00 bits per heavy atom. The number of nitrogens with one attached hydrogen (secondary N) is 1. The van der Waals surface area contributed by atoms with Gasteiger partial charge in [0.2, 0.25) is 0 Å². The van der Waals surface area contributed by atoms with E-state index < -0.39 is 12.1 Å². The van der Waals surface area contributed by atoms with Crippen molar-refractivity contribution in [3.8, 4) is 17.2 Å². The van der Waals surface area contributed by atoms with Gasteiger partial charge in [-0.2, -0.15) is 0 Å². The average molecular weight is 379 g/mol. The second-order valence-corrected chi connectivity index (χ2v) is 6.70. The van der Waals surface area contributed by atoms with Gasteiger partial charge in [0, 0.05) is 18.7 Å². The lowest BCUT2D eigenvalue weighted by molar-refractivity contribution is -0.129. The number of methoxy groups -OCH3 is 3. The fourth-order valence-corrected chi connectivity index (χ4v) is 3.25. The lowest BCUT2D eigenvalue weighted by Crippen LogP contribution is -2.38. The minimum absolute atomic E-state index is 0.169. The first-order valence-corrected chi connectivity index (χ1v) is 9.28. The highest BCUT2D eigenvalue weighted by Gasteiger charge is 2.24. The molecule has 1 aliphatic carbocycles. The van der Waals surface area contributed by atoms with Crippen LogP contribution < -0.4 is 19.5 Å². The van der Waals surface area contributed by atoms with Gasteiger partial charge in [-0.3, -0.25) is 4.79 Å². The molecular weight excluding hydrogens is 350 g/mol. The fourth-order valence-electron chi connectivity index (χ4n) is 3.25. The SMILES string of the molecule is COc1cc(OC)c(C(=O)OC(C)C(=O)NCC2CCCCC2)cc1OC. The molecule has 1 atom stereocenters. The predicted octanol–water partition coefficient (Wildman–Crippen LogP) is 2.95. The van der Waals surface area contributed by atoms with E-state index in [0.29, 0.717) is 24.0 Å². The van der Waals surface area contributed by atoms with Crippen LogP contribution in [0.2, 0.25) is 0 Å². The molecule has 0 radical (unpaired) electrons.